The van der Waals surface area contributed by atoms with Crippen LogP contribution in [0.25, 0.3) is 0 Å². The van der Waals surface area contributed by atoms with Gasteiger partial charge in [-0.2, -0.15) is 0 Å². The highest BCUT2D eigenvalue weighted by Crippen LogP contribution is 2.20. The smallest absolute Gasteiger partial charge is 0.248 e. The minimum absolute atomic E-state index is 0.0646. The van der Waals surface area contributed by atoms with Crippen molar-refractivity contribution in [2.24, 2.45) is 0 Å². The Morgan fingerprint density at radius 2 is 1.71 bits per heavy atom. The molecule has 0 radical (unpaired) electrons. The first-order valence-corrected chi connectivity index (χ1v) is 8.81. The van der Waals surface area contributed by atoms with Gasteiger partial charge in [0.1, 0.15) is 12.2 Å². The van der Waals surface area contributed by atoms with E-state index in [2.05, 4.69) is 13.8 Å². The van der Waals surface area contributed by atoms with E-state index in [1.54, 1.807) is 24.3 Å². The third-order valence-corrected chi connectivity index (χ3v) is 4.05. The maximum absolute atomic E-state index is 12.3. The molecule has 1 atom stereocenters. The number of rotatable bonds is 12. The molecule has 0 saturated heterocycles. The molecular formula is C19H31NO4. The second-order valence-corrected chi connectivity index (χ2v) is 6.14. The highest BCUT2D eigenvalue weighted by molar-refractivity contribution is 5.77. The molecule has 0 bridgehead atoms. The molecule has 1 aromatic carbocycles. The summed E-state index contributed by atoms with van der Waals surface area (Å²) in [7, 11) is 0. The van der Waals surface area contributed by atoms with Gasteiger partial charge in [0.05, 0.1) is 13.2 Å². The van der Waals surface area contributed by atoms with Gasteiger partial charge in [-0.25, -0.2) is 0 Å². The molecule has 1 aromatic rings. The molecule has 24 heavy (non-hydrogen) atoms. The molecule has 0 spiro atoms. The highest BCUT2D eigenvalue weighted by atomic mass is 16.5. The van der Waals surface area contributed by atoms with Crippen LogP contribution in [0.15, 0.2) is 30.3 Å². The molecule has 0 aliphatic heterocycles. The summed E-state index contributed by atoms with van der Waals surface area (Å²) in [6.45, 7) is 5.02. The van der Waals surface area contributed by atoms with Crippen LogP contribution in [0.3, 0.4) is 0 Å². The maximum Gasteiger partial charge on any atom is 0.248 e. The van der Waals surface area contributed by atoms with Crippen LogP contribution in [-0.4, -0.2) is 53.9 Å². The van der Waals surface area contributed by atoms with Crippen LogP contribution in [0.2, 0.25) is 0 Å². The average Bonchev–Trinajstić information content (AvgIpc) is 2.62. The predicted octanol–water partition coefficient (Wildman–Crippen LogP) is 2.31. The molecule has 5 heteroatoms. The van der Waals surface area contributed by atoms with Gasteiger partial charge in [-0.15, -0.1) is 0 Å². The summed E-state index contributed by atoms with van der Waals surface area (Å²) in [6, 6.07) is 8.88. The zero-order chi connectivity index (χ0) is 17.8. The Labute approximate surface area is 145 Å². The van der Waals surface area contributed by atoms with Gasteiger partial charge in [0, 0.05) is 13.1 Å². The first kappa shape index (κ1) is 20.6. The number of benzene rings is 1. The number of nitrogens with zero attached hydrogens (tertiary/aromatic N) is 1. The lowest BCUT2D eigenvalue weighted by atomic mass is 9.96. The van der Waals surface area contributed by atoms with Crippen molar-refractivity contribution >= 4 is 5.91 Å². The molecule has 0 unspecified atom stereocenters. The van der Waals surface area contributed by atoms with Crippen molar-refractivity contribution in [2.75, 3.05) is 32.9 Å². The lowest BCUT2D eigenvalue weighted by Gasteiger charge is -2.27. The van der Waals surface area contributed by atoms with Gasteiger partial charge in [0.2, 0.25) is 5.91 Å². The molecule has 5 nitrogen and oxygen atoms in total. The summed E-state index contributed by atoms with van der Waals surface area (Å²) in [5.41, 5.74) is -0.909. The second-order valence-electron chi connectivity index (χ2n) is 6.14. The fourth-order valence-electron chi connectivity index (χ4n) is 2.43. The maximum atomic E-state index is 12.3. The predicted molar refractivity (Wildman–Crippen MR) is 94.6 cm³/mol. The fourth-order valence-corrected chi connectivity index (χ4v) is 2.43. The van der Waals surface area contributed by atoms with E-state index in [1.807, 2.05) is 11.0 Å². The van der Waals surface area contributed by atoms with Gasteiger partial charge >= 0.3 is 0 Å². The van der Waals surface area contributed by atoms with Crippen molar-refractivity contribution in [3.63, 3.8) is 0 Å². The summed E-state index contributed by atoms with van der Waals surface area (Å²) in [4.78, 5) is 14.1. The van der Waals surface area contributed by atoms with Crippen LogP contribution in [-0.2, 0) is 15.1 Å². The number of unbranched alkanes of at least 4 members (excludes halogenated alkanes) is 2. The molecular weight excluding hydrogens is 306 g/mol. The molecule has 1 amide bonds. The number of carbonyl (C=O) groups excluding carboxylic acids is 1. The van der Waals surface area contributed by atoms with E-state index < -0.39 is 12.2 Å². The van der Waals surface area contributed by atoms with Crippen LogP contribution < -0.4 is 0 Å². The van der Waals surface area contributed by atoms with Crippen molar-refractivity contribution in [3.8, 4) is 0 Å². The number of ether oxygens (including phenoxy) is 1. The van der Waals surface area contributed by atoms with Gasteiger partial charge in [0.15, 0.2) is 0 Å². The average molecular weight is 337 g/mol. The summed E-state index contributed by atoms with van der Waals surface area (Å²) < 4.78 is 5.45. The van der Waals surface area contributed by atoms with Crippen molar-refractivity contribution in [1.29, 1.82) is 0 Å². The van der Waals surface area contributed by atoms with Crippen LogP contribution in [0, 0.1) is 0 Å². The molecule has 1 rings (SSSR count). The van der Waals surface area contributed by atoms with Gasteiger partial charge in [-0.1, -0.05) is 57.0 Å². The van der Waals surface area contributed by atoms with Crippen molar-refractivity contribution in [2.45, 2.75) is 45.1 Å². The first-order valence-electron chi connectivity index (χ1n) is 8.81. The normalized spacial score (nSPS) is 13.5. The fraction of sp³-hybridized carbons (Fsp3) is 0.632. The number of hydrogen-bond donors (Lipinski definition) is 2. The van der Waals surface area contributed by atoms with Crippen molar-refractivity contribution in [3.05, 3.63) is 35.9 Å². The van der Waals surface area contributed by atoms with Crippen LogP contribution in [0.5, 0.6) is 0 Å². The molecule has 0 fully saturated rings. The lowest BCUT2D eigenvalue weighted by molar-refractivity contribution is -0.141. The number of amides is 1. The largest absolute Gasteiger partial charge is 0.393 e. The van der Waals surface area contributed by atoms with E-state index in [0.29, 0.717) is 5.56 Å². The topological polar surface area (TPSA) is 70.0 Å². The zero-order valence-electron chi connectivity index (χ0n) is 14.9. The molecule has 0 saturated carbocycles. The van der Waals surface area contributed by atoms with Crippen LogP contribution in [0.1, 0.15) is 45.1 Å². The van der Waals surface area contributed by atoms with E-state index >= 15 is 0 Å². The van der Waals surface area contributed by atoms with Gasteiger partial charge in [0.25, 0.3) is 0 Å². The van der Waals surface area contributed by atoms with E-state index in [4.69, 9.17) is 4.74 Å². The standard InChI is InChI=1S/C19H31NO4/c1-3-5-12-20(13-6-4-2)18(22)14-24-16-19(23,15-21)17-10-8-7-9-11-17/h7-11,21,23H,3-6,12-16H2,1-2H3/t19-/m1/s1. The minimum Gasteiger partial charge on any atom is -0.393 e. The Morgan fingerprint density at radius 1 is 1.12 bits per heavy atom. The summed E-state index contributed by atoms with van der Waals surface area (Å²) >= 11 is 0. The molecule has 136 valence electrons. The zero-order valence-corrected chi connectivity index (χ0v) is 14.9. The monoisotopic (exact) mass is 337 g/mol. The number of aliphatic hydroxyl groups excluding tert-OH is 1. The number of carbonyl (C=O) groups is 1. The molecule has 0 heterocycles. The van der Waals surface area contributed by atoms with Crippen LogP contribution >= 0.6 is 0 Å². The summed E-state index contributed by atoms with van der Waals surface area (Å²) in [5.74, 6) is -0.0646. The van der Waals surface area contributed by atoms with Gasteiger partial charge < -0.3 is 19.8 Å². The number of aliphatic hydroxyl groups is 2. The van der Waals surface area contributed by atoms with E-state index in [9.17, 15) is 15.0 Å². The van der Waals surface area contributed by atoms with Crippen molar-refractivity contribution in [1.82, 2.24) is 4.90 Å². The third-order valence-electron chi connectivity index (χ3n) is 4.05. The second kappa shape index (κ2) is 11.2. The Hall–Kier alpha value is -1.43. The number of hydrogen-bond acceptors (Lipinski definition) is 4. The molecule has 0 aromatic heterocycles. The Morgan fingerprint density at radius 3 is 2.21 bits per heavy atom. The molecule has 2 N–H and O–H groups in total. The van der Waals surface area contributed by atoms with Gasteiger partial charge in [-0.05, 0) is 18.4 Å². The van der Waals surface area contributed by atoms with E-state index in [-0.39, 0.29) is 19.1 Å². The first-order chi connectivity index (χ1) is 11.6. The van der Waals surface area contributed by atoms with E-state index in [0.717, 1.165) is 38.8 Å². The minimum atomic E-state index is -1.49. The SMILES string of the molecule is CCCCN(CCCC)C(=O)COC[C@](O)(CO)c1ccccc1. The molecule has 0 aliphatic rings. The molecule has 0 aliphatic carbocycles. The lowest BCUT2D eigenvalue weighted by Crippen LogP contribution is -2.39. The highest BCUT2D eigenvalue weighted by Gasteiger charge is 2.29. The van der Waals surface area contributed by atoms with Gasteiger partial charge in [-0.3, -0.25) is 4.79 Å². The summed E-state index contributed by atoms with van der Waals surface area (Å²) in [6.07, 6.45) is 4.02. The quantitative estimate of drug-likeness (QED) is 0.614. The van der Waals surface area contributed by atoms with Crippen molar-refractivity contribution < 1.29 is 19.7 Å². The Bertz CT molecular complexity index is 458. The Kier molecular flexibility index (Phi) is 9.60. The third kappa shape index (κ3) is 6.59. The summed E-state index contributed by atoms with van der Waals surface area (Å²) in [5, 5.41) is 20.0. The Balaban J connectivity index is 2.54. The van der Waals surface area contributed by atoms with Crippen LogP contribution in [0.4, 0.5) is 0 Å². The van der Waals surface area contributed by atoms with E-state index in [1.165, 1.54) is 0 Å².